The van der Waals surface area contributed by atoms with Gasteiger partial charge in [-0.3, -0.25) is 4.79 Å². The Hall–Kier alpha value is -3.26. The van der Waals surface area contributed by atoms with Crippen LogP contribution in [0.4, 0.5) is 11.6 Å². The number of allylic oxidation sites excluding steroid dienone is 1. The van der Waals surface area contributed by atoms with Gasteiger partial charge >= 0.3 is 0 Å². The number of hydrogen-bond donors (Lipinski definition) is 2. The van der Waals surface area contributed by atoms with E-state index in [0.29, 0.717) is 23.3 Å². The van der Waals surface area contributed by atoms with Crippen LogP contribution in [0.2, 0.25) is 0 Å². The van der Waals surface area contributed by atoms with Crippen LogP contribution in [-0.4, -0.2) is 33.0 Å². The minimum Gasteiger partial charge on any atom is -0.494 e. The molecule has 2 aromatic carbocycles. The van der Waals surface area contributed by atoms with Crippen molar-refractivity contribution in [2.24, 2.45) is 0 Å². The van der Waals surface area contributed by atoms with Gasteiger partial charge in [-0.1, -0.05) is 62.4 Å². The number of carbonyl (C=O) groups excluding carboxylic acids is 1. The van der Waals surface area contributed by atoms with Gasteiger partial charge in [0.2, 0.25) is 11.1 Å². The van der Waals surface area contributed by atoms with E-state index in [9.17, 15) is 4.79 Å². The van der Waals surface area contributed by atoms with Crippen LogP contribution >= 0.6 is 11.8 Å². The van der Waals surface area contributed by atoms with E-state index in [-0.39, 0.29) is 5.91 Å². The van der Waals surface area contributed by atoms with E-state index < -0.39 is 6.04 Å². The molecule has 2 N–H and O–H groups in total. The predicted molar refractivity (Wildman–Crippen MR) is 142 cm³/mol. The van der Waals surface area contributed by atoms with Crippen molar-refractivity contribution in [1.82, 2.24) is 14.8 Å². The van der Waals surface area contributed by atoms with Gasteiger partial charge in [-0.15, -0.1) is 5.10 Å². The quantitative estimate of drug-likeness (QED) is 0.260. The van der Waals surface area contributed by atoms with Crippen LogP contribution in [0.3, 0.4) is 0 Å². The second-order valence-electron chi connectivity index (χ2n) is 8.62. The summed E-state index contributed by atoms with van der Waals surface area (Å²) in [5, 5.41) is 11.9. The largest absolute Gasteiger partial charge is 0.494 e. The number of unbranched alkanes of at least 4 members (excludes halogenated alkanes) is 1. The molecular weight excluding hydrogens is 458 g/mol. The summed E-state index contributed by atoms with van der Waals surface area (Å²) in [7, 11) is 0. The van der Waals surface area contributed by atoms with Gasteiger partial charge in [0.15, 0.2) is 0 Å². The minimum absolute atomic E-state index is 0.171. The van der Waals surface area contributed by atoms with Gasteiger partial charge in [-0.05, 0) is 56.0 Å². The highest BCUT2D eigenvalue weighted by Gasteiger charge is 2.34. The van der Waals surface area contributed by atoms with Gasteiger partial charge in [0.05, 0.1) is 12.2 Å². The van der Waals surface area contributed by atoms with Gasteiger partial charge in [0.25, 0.3) is 5.91 Å². The molecule has 4 rings (SSSR count). The first-order valence-corrected chi connectivity index (χ1v) is 13.2. The van der Waals surface area contributed by atoms with Crippen molar-refractivity contribution < 1.29 is 9.53 Å². The molecular formula is C27H33N5O2S. The number of nitrogens with zero attached hydrogens (tertiary/aromatic N) is 3. The topological polar surface area (TPSA) is 81.1 Å². The summed E-state index contributed by atoms with van der Waals surface area (Å²) in [6.07, 6.45) is 3.14. The molecule has 2 heterocycles. The van der Waals surface area contributed by atoms with E-state index in [4.69, 9.17) is 14.8 Å². The predicted octanol–water partition coefficient (Wildman–Crippen LogP) is 6.20. The molecule has 0 radical (unpaired) electrons. The third-order valence-corrected chi connectivity index (χ3v) is 6.77. The number of hydrogen-bond acceptors (Lipinski definition) is 6. The van der Waals surface area contributed by atoms with Gasteiger partial charge in [-0.2, -0.15) is 4.98 Å². The van der Waals surface area contributed by atoms with Crippen molar-refractivity contribution in [3.8, 4) is 5.75 Å². The maximum atomic E-state index is 13.7. The van der Waals surface area contributed by atoms with Crippen LogP contribution in [0, 0.1) is 6.92 Å². The second kappa shape index (κ2) is 11.4. The third kappa shape index (κ3) is 5.70. The van der Waals surface area contributed by atoms with Gasteiger partial charge in [-0.25, -0.2) is 4.68 Å². The van der Waals surface area contributed by atoms with E-state index >= 15 is 0 Å². The summed E-state index contributed by atoms with van der Waals surface area (Å²) in [4.78, 5) is 18.4. The van der Waals surface area contributed by atoms with Gasteiger partial charge in [0.1, 0.15) is 11.8 Å². The van der Waals surface area contributed by atoms with Crippen molar-refractivity contribution >= 4 is 29.3 Å². The minimum atomic E-state index is -0.437. The molecule has 1 amide bonds. The molecule has 0 spiro atoms. The number of amides is 1. The number of para-hydroxylation sites is 1. The molecule has 1 aliphatic rings. The number of aryl methyl sites for hydroxylation is 1. The Morgan fingerprint density at radius 1 is 1.14 bits per heavy atom. The lowest BCUT2D eigenvalue weighted by atomic mass is 9.94. The summed E-state index contributed by atoms with van der Waals surface area (Å²) in [6.45, 7) is 8.79. The number of nitrogens with one attached hydrogen (secondary N) is 2. The Morgan fingerprint density at radius 2 is 1.97 bits per heavy atom. The zero-order chi connectivity index (χ0) is 24.8. The molecule has 1 unspecified atom stereocenters. The number of anilines is 2. The Morgan fingerprint density at radius 3 is 2.74 bits per heavy atom. The van der Waals surface area contributed by atoms with E-state index in [1.165, 1.54) is 0 Å². The summed E-state index contributed by atoms with van der Waals surface area (Å²) in [5.41, 5.74) is 4.07. The molecule has 0 saturated carbocycles. The third-order valence-electron chi connectivity index (χ3n) is 5.85. The average molecular weight is 492 g/mol. The average Bonchev–Trinajstić information content (AvgIpc) is 3.25. The van der Waals surface area contributed by atoms with Crippen molar-refractivity contribution in [3.05, 3.63) is 70.9 Å². The fourth-order valence-electron chi connectivity index (χ4n) is 4.00. The van der Waals surface area contributed by atoms with Crippen LogP contribution in [-0.2, 0) is 4.79 Å². The number of aromatic nitrogens is 3. The SMILES string of the molecule is CCCCSc1nc2n(n1)C(c1cccc(OCCC)c1)C(C(=O)Nc1ccccc1C)=C(C)N2. The lowest BCUT2D eigenvalue weighted by molar-refractivity contribution is -0.113. The second-order valence-corrected chi connectivity index (χ2v) is 9.68. The van der Waals surface area contributed by atoms with Crippen LogP contribution < -0.4 is 15.4 Å². The normalized spacial score (nSPS) is 14.9. The van der Waals surface area contributed by atoms with E-state index in [2.05, 4.69) is 24.5 Å². The molecule has 7 nitrogen and oxygen atoms in total. The van der Waals surface area contributed by atoms with Gasteiger partial charge < -0.3 is 15.4 Å². The molecule has 3 aromatic rings. The van der Waals surface area contributed by atoms with Crippen molar-refractivity contribution in [2.75, 3.05) is 23.0 Å². The molecule has 184 valence electrons. The molecule has 0 aliphatic carbocycles. The number of rotatable bonds is 10. The maximum Gasteiger partial charge on any atom is 0.255 e. The highest BCUT2D eigenvalue weighted by atomic mass is 32.2. The Balaban J connectivity index is 1.74. The van der Waals surface area contributed by atoms with Crippen LogP contribution in [0.1, 0.15) is 57.2 Å². The summed E-state index contributed by atoms with van der Waals surface area (Å²) in [6, 6.07) is 15.3. The summed E-state index contributed by atoms with van der Waals surface area (Å²) >= 11 is 1.64. The Labute approximate surface area is 211 Å². The van der Waals surface area contributed by atoms with E-state index in [0.717, 1.165) is 53.3 Å². The zero-order valence-corrected chi connectivity index (χ0v) is 21.6. The first kappa shape index (κ1) is 24.9. The van der Waals surface area contributed by atoms with Crippen molar-refractivity contribution in [2.45, 2.75) is 58.2 Å². The van der Waals surface area contributed by atoms with Gasteiger partial charge in [0, 0.05) is 17.1 Å². The van der Waals surface area contributed by atoms with Crippen LogP contribution in [0.25, 0.3) is 0 Å². The van der Waals surface area contributed by atoms with Crippen LogP contribution in [0.15, 0.2) is 65.0 Å². The van der Waals surface area contributed by atoms with E-state index in [1.54, 1.807) is 11.8 Å². The molecule has 0 bridgehead atoms. The fraction of sp³-hybridized carbons (Fsp3) is 0.370. The molecule has 0 saturated heterocycles. The number of fused-ring (bicyclic) bond motifs is 1. The standard InChI is InChI=1S/C27H33N5O2S/c1-5-7-16-35-27-30-26-28-19(4)23(25(33)29-22-14-9-8-11-18(22)3)24(32(26)31-27)20-12-10-13-21(17-20)34-15-6-2/h8-14,17,24H,5-7,15-16H2,1-4H3,(H,29,33)(H,28,30,31). The number of carbonyl (C=O) groups is 1. The fourth-order valence-corrected chi connectivity index (χ4v) is 4.91. The first-order valence-electron chi connectivity index (χ1n) is 12.2. The van der Waals surface area contributed by atoms with Crippen molar-refractivity contribution in [3.63, 3.8) is 0 Å². The van der Waals surface area contributed by atoms with Crippen LogP contribution in [0.5, 0.6) is 5.75 Å². The Kier molecular flexibility index (Phi) is 8.13. The number of thioether (sulfide) groups is 1. The highest BCUT2D eigenvalue weighted by Crippen LogP contribution is 2.38. The monoisotopic (exact) mass is 491 g/mol. The number of benzene rings is 2. The smallest absolute Gasteiger partial charge is 0.255 e. The number of ether oxygens (including phenoxy) is 1. The first-order chi connectivity index (χ1) is 17.0. The van der Waals surface area contributed by atoms with Crippen molar-refractivity contribution in [1.29, 1.82) is 0 Å². The molecule has 8 heteroatoms. The lowest BCUT2D eigenvalue weighted by Crippen LogP contribution is -2.31. The maximum absolute atomic E-state index is 13.7. The summed E-state index contributed by atoms with van der Waals surface area (Å²) < 4.78 is 7.72. The molecule has 1 atom stereocenters. The van der Waals surface area contributed by atoms with E-state index in [1.807, 2.05) is 67.1 Å². The molecule has 1 aromatic heterocycles. The molecule has 35 heavy (non-hydrogen) atoms. The Bertz CT molecular complexity index is 1220. The molecule has 0 fully saturated rings. The zero-order valence-electron chi connectivity index (χ0n) is 20.8. The summed E-state index contributed by atoms with van der Waals surface area (Å²) in [5.74, 6) is 2.20. The molecule has 1 aliphatic heterocycles. The highest BCUT2D eigenvalue weighted by molar-refractivity contribution is 7.99. The lowest BCUT2D eigenvalue weighted by Gasteiger charge is -2.29.